The van der Waals surface area contributed by atoms with E-state index in [0.29, 0.717) is 10.7 Å². The van der Waals surface area contributed by atoms with Gasteiger partial charge in [-0.1, -0.05) is 23.7 Å². The fourth-order valence-corrected chi connectivity index (χ4v) is 1.80. The Morgan fingerprint density at radius 3 is 1.94 bits per heavy atom. The van der Waals surface area contributed by atoms with Gasteiger partial charge in [-0.25, -0.2) is 0 Å². The average molecular weight is 261 g/mol. The Kier molecular flexibility index (Phi) is 3.85. The number of hydrogen-bond donors (Lipinski definition) is 1. The average Bonchev–Trinajstić information content (AvgIpc) is 2.42. The second-order valence-electron chi connectivity index (χ2n) is 3.71. The van der Waals surface area contributed by atoms with Crippen LogP contribution in [0.3, 0.4) is 0 Å². The molecule has 3 nitrogen and oxygen atoms in total. The van der Waals surface area contributed by atoms with Crippen LogP contribution in [0.1, 0.15) is 11.1 Å². The van der Waals surface area contributed by atoms with Gasteiger partial charge in [0.25, 0.3) is 0 Å². The molecule has 2 N–H and O–H groups in total. The van der Waals surface area contributed by atoms with E-state index in [1.165, 1.54) is 0 Å². The Morgan fingerprint density at radius 2 is 1.50 bits per heavy atom. The largest absolute Gasteiger partial charge is 0.497 e. The van der Waals surface area contributed by atoms with Crippen molar-refractivity contribution in [2.45, 2.75) is 0 Å². The van der Waals surface area contributed by atoms with Gasteiger partial charge in [-0.15, -0.1) is 0 Å². The quantitative estimate of drug-likeness (QED) is 0.524. The summed E-state index contributed by atoms with van der Waals surface area (Å²) in [6, 6.07) is 15.0. The van der Waals surface area contributed by atoms with Gasteiger partial charge in [-0.05, 0) is 36.4 Å². The fraction of sp³-hybridized carbons (Fsp3) is 0.0714. The second-order valence-corrected chi connectivity index (χ2v) is 4.15. The number of rotatable bonds is 3. The highest BCUT2D eigenvalue weighted by atomic mass is 35.5. The van der Waals surface area contributed by atoms with Crippen molar-refractivity contribution >= 4 is 17.3 Å². The molecule has 0 unspecified atom stereocenters. The minimum absolute atomic E-state index is 0.685. The molecule has 0 saturated carbocycles. The lowest BCUT2D eigenvalue weighted by molar-refractivity contribution is 0.415. The van der Waals surface area contributed by atoms with E-state index in [4.69, 9.17) is 22.2 Å². The van der Waals surface area contributed by atoms with Crippen LogP contribution in [0.2, 0.25) is 5.02 Å². The van der Waals surface area contributed by atoms with Crippen molar-refractivity contribution in [2.24, 2.45) is 10.9 Å². The number of ether oxygens (including phenoxy) is 1. The van der Waals surface area contributed by atoms with Crippen LogP contribution in [0.25, 0.3) is 0 Å². The second kappa shape index (κ2) is 5.56. The van der Waals surface area contributed by atoms with Gasteiger partial charge in [0.15, 0.2) is 0 Å². The zero-order valence-electron chi connectivity index (χ0n) is 9.93. The van der Waals surface area contributed by atoms with Gasteiger partial charge in [0.05, 0.1) is 12.8 Å². The van der Waals surface area contributed by atoms with Gasteiger partial charge in [0.2, 0.25) is 0 Å². The first kappa shape index (κ1) is 12.5. The van der Waals surface area contributed by atoms with Crippen LogP contribution in [0.5, 0.6) is 5.75 Å². The lowest BCUT2D eigenvalue weighted by atomic mass is 10.0. The fourth-order valence-electron chi connectivity index (χ4n) is 1.67. The number of hydrazone groups is 1. The van der Waals surface area contributed by atoms with Crippen molar-refractivity contribution in [3.63, 3.8) is 0 Å². The van der Waals surface area contributed by atoms with Gasteiger partial charge in [-0.3, -0.25) is 0 Å². The van der Waals surface area contributed by atoms with E-state index < -0.39 is 0 Å². The molecule has 0 amide bonds. The maximum Gasteiger partial charge on any atom is 0.118 e. The number of halogens is 1. The SMILES string of the molecule is COc1ccc(C(=NN)c2ccc(Cl)cc2)cc1. The van der Waals surface area contributed by atoms with E-state index in [-0.39, 0.29) is 0 Å². The van der Waals surface area contributed by atoms with Crippen LogP contribution in [0, 0.1) is 0 Å². The summed E-state index contributed by atoms with van der Waals surface area (Å²) in [6.45, 7) is 0. The molecule has 0 radical (unpaired) electrons. The van der Waals surface area contributed by atoms with Gasteiger partial charge < -0.3 is 10.6 Å². The maximum absolute atomic E-state index is 5.86. The lowest BCUT2D eigenvalue weighted by Gasteiger charge is -2.07. The summed E-state index contributed by atoms with van der Waals surface area (Å²) in [6.07, 6.45) is 0. The number of hydrogen-bond acceptors (Lipinski definition) is 3. The minimum atomic E-state index is 0.685. The van der Waals surface area contributed by atoms with Crippen molar-refractivity contribution in [2.75, 3.05) is 7.11 Å². The molecular formula is C14H13ClN2O. The number of benzene rings is 2. The van der Waals surface area contributed by atoms with E-state index >= 15 is 0 Å². The van der Waals surface area contributed by atoms with E-state index in [0.717, 1.165) is 16.9 Å². The van der Waals surface area contributed by atoms with E-state index in [9.17, 15) is 0 Å². The molecule has 0 atom stereocenters. The third-order valence-corrected chi connectivity index (χ3v) is 2.86. The molecule has 2 aromatic rings. The Hall–Kier alpha value is -2.00. The smallest absolute Gasteiger partial charge is 0.118 e. The van der Waals surface area contributed by atoms with Crippen molar-refractivity contribution in [3.05, 3.63) is 64.7 Å². The molecule has 0 aliphatic carbocycles. The van der Waals surface area contributed by atoms with Crippen LogP contribution < -0.4 is 10.6 Å². The zero-order chi connectivity index (χ0) is 13.0. The summed E-state index contributed by atoms with van der Waals surface area (Å²) in [5, 5.41) is 4.53. The molecule has 0 aliphatic rings. The molecule has 2 aromatic carbocycles. The van der Waals surface area contributed by atoms with Gasteiger partial charge >= 0.3 is 0 Å². The molecule has 0 bridgehead atoms. The molecule has 0 heterocycles. The predicted molar refractivity (Wildman–Crippen MR) is 74.3 cm³/mol. The molecule has 18 heavy (non-hydrogen) atoms. The molecule has 0 aromatic heterocycles. The Balaban J connectivity index is 2.36. The third-order valence-electron chi connectivity index (χ3n) is 2.61. The molecule has 0 spiro atoms. The lowest BCUT2D eigenvalue weighted by Crippen LogP contribution is -2.06. The van der Waals surface area contributed by atoms with E-state index in [1.807, 2.05) is 48.5 Å². The Bertz CT molecular complexity index is 547. The highest BCUT2D eigenvalue weighted by molar-refractivity contribution is 6.30. The first-order chi connectivity index (χ1) is 8.74. The highest BCUT2D eigenvalue weighted by Crippen LogP contribution is 2.17. The molecule has 2 rings (SSSR count). The normalized spacial score (nSPS) is 11.3. The van der Waals surface area contributed by atoms with E-state index in [2.05, 4.69) is 5.10 Å². The summed E-state index contributed by atoms with van der Waals surface area (Å²) >= 11 is 5.86. The topological polar surface area (TPSA) is 47.6 Å². The van der Waals surface area contributed by atoms with Crippen molar-refractivity contribution in [1.29, 1.82) is 0 Å². The summed E-state index contributed by atoms with van der Waals surface area (Å²) in [7, 11) is 1.63. The maximum atomic E-state index is 5.86. The van der Waals surface area contributed by atoms with Crippen molar-refractivity contribution in [1.82, 2.24) is 0 Å². The number of nitrogens with zero attached hydrogens (tertiary/aromatic N) is 1. The third kappa shape index (κ3) is 2.63. The molecule has 0 saturated heterocycles. The van der Waals surface area contributed by atoms with Crippen LogP contribution >= 0.6 is 11.6 Å². The van der Waals surface area contributed by atoms with E-state index in [1.54, 1.807) is 7.11 Å². The van der Waals surface area contributed by atoms with Gasteiger partial charge in [0, 0.05) is 16.1 Å². The van der Waals surface area contributed by atoms with Crippen LogP contribution in [-0.2, 0) is 0 Å². The Morgan fingerprint density at radius 1 is 1.00 bits per heavy atom. The van der Waals surface area contributed by atoms with Crippen molar-refractivity contribution in [3.8, 4) is 5.75 Å². The molecule has 4 heteroatoms. The number of nitrogens with two attached hydrogens (primary N) is 1. The van der Waals surface area contributed by atoms with Gasteiger partial charge in [-0.2, -0.15) is 5.10 Å². The molecule has 92 valence electrons. The summed E-state index contributed by atoms with van der Waals surface area (Å²) in [5.74, 6) is 6.27. The standard InChI is InChI=1S/C14H13ClN2O/c1-18-13-8-4-11(5-9-13)14(17-16)10-2-6-12(15)7-3-10/h2-9H,16H2,1H3. The monoisotopic (exact) mass is 260 g/mol. The van der Waals surface area contributed by atoms with Crippen LogP contribution in [-0.4, -0.2) is 12.8 Å². The number of methoxy groups -OCH3 is 1. The summed E-state index contributed by atoms with van der Waals surface area (Å²) in [4.78, 5) is 0. The molecule has 0 fully saturated rings. The highest BCUT2D eigenvalue weighted by Gasteiger charge is 2.06. The van der Waals surface area contributed by atoms with Crippen LogP contribution in [0.4, 0.5) is 0 Å². The predicted octanol–water partition coefficient (Wildman–Crippen LogP) is 3.06. The minimum Gasteiger partial charge on any atom is -0.497 e. The first-order valence-corrected chi connectivity index (χ1v) is 5.80. The zero-order valence-corrected chi connectivity index (χ0v) is 10.7. The summed E-state index contributed by atoms with van der Waals surface area (Å²) in [5.41, 5.74) is 2.57. The molecule has 0 aliphatic heterocycles. The first-order valence-electron chi connectivity index (χ1n) is 5.43. The van der Waals surface area contributed by atoms with Gasteiger partial charge in [0.1, 0.15) is 5.75 Å². The van der Waals surface area contributed by atoms with Crippen molar-refractivity contribution < 1.29 is 4.74 Å². The molecular weight excluding hydrogens is 248 g/mol. The Labute approximate surface area is 111 Å². The van der Waals surface area contributed by atoms with Crippen LogP contribution in [0.15, 0.2) is 53.6 Å². The summed E-state index contributed by atoms with van der Waals surface area (Å²) < 4.78 is 5.12.